The van der Waals surface area contributed by atoms with Crippen molar-refractivity contribution in [1.29, 1.82) is 0 Å². The fourth-order valence-corrected chi connectivity index (χ4v) is 1.57. The second kappa shape index (κ2) is 3.82. The van der Waals surface area contributed by atoms with Crippen molar-refractivity contribution in [2.24, 2.45) is 7.05 Å². The van der Waals surface area contributed by atoms with Gasteiger partial charge in [0.2, 0.25) is 0 Å². The molecule has 15 heavy (non-hydrogen) atoms. The van der Waals surface area contributed by atoms with Crippen molar-refractivity contribution in [3.63, 3.8) is 0 Å². The Balaban J connectivity index is 2.41. The van der Waals surface area contributed by atoms with E-state index in [1.165, 1.54) is 0 Å². The zero-order valence-corrected chi connectivity index (χ0v) is 8.75. The molecule has 2 heterocycles. The molecule has 1 unspecified atom stereocenters. The molecule has 0 aliphatic heterocycles. The van der Waals surface area contributed by atoms with Gasteiger partial charge in [0.15, 0.2) is 0 Å². The number of imidazole rings is 1. The van der Waals surface area contributed by atoms with E-state index in [1.54, 1.807) is 18.6 Å². The van der Waals surface area contributed by atoms with Crippen molar-refractivity contribution in [2.45, 2.75) is 13.0 Å². The third kappa shape index (κ3) is 1.76. The van der Waals surface area contributed by atoms with Crippen molar-refractivity contribution in [3.8, 4) is 0 Å². The Bertz CT molecular complexity index is 464. The van der Waals surface area contributed by atoms with E-state index >= 15 is 0 Å². The minimum atomic E-state index is -0.687. The summed E-state index contributed by atoms with van der Waals surface area (Å²) in [4.78, 5) is 8.12. The van der Waals surface area contributed by atoms with Crippen molar-refractivity contribution < 1.29 is 5.11 Å². The van der Waals surface area contributed by atoms with Crippen LogP contribution in [0.15, 0.2) is 30.9 Å². The molecule has 4 heteroatoms. The van der Waals surface area contributed by atoms with Crippen molar-refractivity contribution in [1.82, 2.24) is 14.5 Å². The van der Waals surface area contributed by atoms with E-state index in [1.807, 2.05) is 30.8 Å². The van der Waals surface area contributed by atoms with Gasteiger partial charge in [0.1, 0.15) is 11.9 Å². The molecule has 0 aliphatic rings. The van der Waals surface area contributed by atoms with E-state index in [0.29, 0.717) is 5.82 Å². The summed E-state index contributed by atoms with van der Waals surface area (Å²) in [6.45, 7) is 1.93. The summed E-state index contributed by atoms with van der Waals surface area (Å²) < 4.78 is 1.81. The molecule has 2 aromatic rings. The number of aromatic nitrogens is 3. The van der Waals surface area contributed by atoms with Crippen LogP contribution in [0.5, 0.6) is 0 Å². The van der Waals surface area contributed by atoms with E-state index in [9.17, 15) is 5.11 Å². The number of hydrogen-bond acceptors (Lipinski definition) is 3. The van der Waals surface area contributed by atoms with Gasteiger partial charge in [-0.05, 0) is 24.1 Å². The number of rotatable bonds is 2. The molecular weight excluding hydrogens is 190 g/mol. The van der Waals surface area contributed by atoms with Gasteiger partial charge in [-0.1, -0.05) is 0 Å². The number of aryl methyl sites for hydroxylation is 2. The minimum absolute atomic E-state index is 0.643. The van der Waals surface area contributed by atoms with Gasteiger partial charge < -0.3 is 9.67 Å². The predicted octanol–water partition coefficient (Wildman–Crippen LogP) is 1.21. The summed E-state index contributed by atoms with van der Waals surface area (Å²) in [5, 5.41) is 10.1. The standard InChI is InChI=1S/C11H13N3O/c1-8-7-12-4-3-9(8)10(15)11-13-5-6-14(11)2/h3-7,10,15H,1-2H3. The number of hydrogen-bond donors (Lipinski definition) is 1. The second-order valence-electron chi connectivity index (χ2n) is 3.53. The lowest BCUT2D eigenvalue weighted by Crippen LogP contribution is -2.08. The smallest absolute Gasteiger partial charge is 0.142 e. The first-order chi connectivity index (χ1) is 7.20. The topological polar surface area (TPSA) is 50.9 Å². The zero-order valence-electron chi connectivity index (χ0n) is 8.75. The molecule has 0 spiro atoms. The summed E-state index contributed by atoms with van der Waals surface area (Å²) in [7, 11) is 1.86. The van der Waals surface area contributed by atoms with Crippen LogP contribution in [0.1, 0.15) is 23.1 Å². The predicted molar refractivity (Wildman–Crippen MR) is 56.2 cm³/mol. The number of aliphatic hydroxyl groups is 1. The maximum absolute atomic E-state index is 10.1. The fraction of sp³-hybridized carbons (Fsp3) is 0.273. The summed E-state index contributed by atoms with van der Waals surface area (Å²) in [6, 6.07) is 1.81. The van der Waals surface area contributed by atoms with Crippen LogP contribution in [0.25, 0.3) is 0 Å². The highest BCUT2D eigenvalue weighted by molar-refractivity contribution is 5.28. The van der Waals surface area contributed by atoms with Crippen LogP contribution in [0.4, 0.5) is 0 Å². The normalized spacial score (nSPS) is 12.7. The quantitative estimate of drug-likeness (QED) is 0.798. The number of pyridine rings is 1. The van der Waals surface area contributed by atoms with Crippen LogP contribution in [0.3, 0.4) is 0 Å². The molecule has 2 rings (SSSR count). The lowest BCUT2D eigenvalue weighted by Gasteiger charge is -2.12. The zero-order chi connectivity index (χ0) is 10.8. The maximum Gasteiger partial charge on any atom is 0.142 e. The summed E-state index contributed by atoms with van der Waals surface area (Å²) in [6.07, 6.45) is 6.22. The molecule has 0 radical (unpaired) electrons. The SMILES string of the molecule is Cc1cnccc1C(O)c1nccn1C. The van der Waals surface area contributed by atoms with Crippen LogP contribution in [0, 0.1) is 6.92 Å². The van der Waals surface area contributed by atoms with Gasteiger partial charge in [0.05, 0.1) is 0 Å². The van der Waals surface area contributed by atoms with Gasteiger partial charge in [-0.2, -0.15) is 0 Å². The van der Waals surface area contributed by atoms with Crippen molar-refractivity contribution >= 4 is 0 Å². The van der Waals surface area contributed by atoms with Gasteiger partial charge in [-0.25, -0.2) is 4.98 Å². The Morgan fingerprint density at radius 1 is 1.40 bits per heavy atom. The van der Waals surface area contributed by atoms with E-state index in [2.05, 4.69) is 9.97 Å². The minimum Gasteiger partial charge on any atom is -0.380 e. The molecule has 0 bridgehead atoms. The summed E-state index contributed by atoms with van der Waals surface area (Å²) in [5.74, 6) is 0.643. The molecule has 78 valence electrons. The van der Waals surface area contributed by atoms with E-state index in [4.69, 9.17) is 0 Å². The Morgan fingerprint density at radius 2 is 2.20 bits per heavy atom. The molecule has 0 aromatic carbocycles. The van der Waals surface area contributed by atoms with Crippen LogP contribution in [-0.2, 0) is 7.05 Å². The van der Waals surface area contributed by atoms with Crippen LogP contribution in [-0.4, -0.2) is 19.6 Å². The molecule has 2 aromatic heterocycles. The highest BCUT2D eigenvalue weighted by atomic mass is 16.3. The van der Waals surface area contributed by atoms with Crippen molar-refractivity contribution in [3.05, 3.63) is 47.8 Å². The van der Waals surface area contributed by atoms with Gasteiger partial charge in [0, 0.05) is 31.8 Å². The Hall–Kier alpha value is -1.68. The van der Waals surface area contributed by atoms with Crippen molar-refractivity contribution in [2.75, 3.05) is 0 Å². The first-order valence-corrected chi connectivity index (χ1v) is 4.76. The summed E-state index contributed by atoms with van der Waals surface area (Å²) >= 11 is 0. The largest absolute Gasteiger partial charge is 0.380 e. The third-order valence-corrected chi connectivity index (χ3v) is 2.46. The number of nitrogens with zero attached hydrogens (tertiary/aromatic N) is 3. The Kier molecular flexibility index (Phi) is 2.51. The summed E-state index contributed by atoms with van der Waals surface area (Å²) in [5.41, 5.74) is 1.81. The Labute approximate surface area is 88.2 Å². The first-order valence-electron chi connectivity index (χ1n) is 4.76. The molecule has 0 saturated heterocycles. The average molecular weight is 203 g/mol. The van der Waals surface area contributed by atoms with Crippen LogP contribution >= 0.6 is 0 Å². The van der Waals surface area contributed by atoms with Crippen LogP contribution in [0.2, 0.25) is 0 Å². The van der Waals surface area contributed by atoms with E-state index in [0.717, 1.165) is 11.1 Å². The lowest BCUT2D eigenvalue weighted by molar-refractivity contribution is 0.205. The fourth-order valence-electron chi connectivity index (χ4n) is 1.57. The number of aliphatic hydroxyl groups excluding tert-OH is 1. The lowest BCUT2D eigenvalue weighted by atomic mass is 10.1. The molecule has 0 fully saturated rings. The molecule has 0 amide bonds. The van der Waals surface area contributed by atoms with Crippen LogP contribution < -0.4 is 0 Å². The highest BCUT2D eigenvalue weighted by Crippen LogP contribution is 2.21. The first kappa shape index (κ1) is 9.86. The monoisotopic (exact) mass is 203 g/mol. The van der Waals surface area contributed by atoms with E-state index < -0.39 is 6.10 Å². The third-order valence-electron chi connectivity index (χ3n) is 2.46. The van der Waals surface area contributed by atoms with Gasteiger partial charge in [-0.3, -0.25) is 4.98 Å². The van der Waals surface area contributed by atoms with E-state index in [-0.39, 0.29) is 0 Å². The molecule has 4 nitrogen and oxygen atoms in total. The molecule has 0 saturated carbocycles. The Morgan fingerprint density at radius 3 is 2.80 bits per heavy atom. The van der Waals surface area contributed by atoms with Gasteiger partial charge in [0.25, 0.3) is 0 Å². The average Bonchev–Trinajstić information content (AvgIpc) is 2.64. The highest BCUT2D eigenvalue weighted by Gasteiger charge is 2.16. The molecular formula is C11H13N3O. The molecule has 1 atom stereocenters. The van der Waals surface area contributed by atoms with Gasteiger partial charge >= 0.3 is 0 Å². The van der Waals surface area contributed by atoms with Gasteiger partial charge in [-0.15, -0.1) is 0 Å². The second-order valence-corrected chi connectivity index (χ2v) is 3.53. The molecule has 1 N–H and O–H groups in total. The molecule has 0 aliphatic carbocycles. The maximum atomic E-state index is 10.1.